The first-order valence-electron chi connectivity index (χ1n) is 11.9. The van der Waals surface area contributed by atoms with Crippen LogP contribution in [0.15, 0.2) is 29.3 Å². The van der Waals surface area contributed by atoms with E-state index in [9.17, 15) is 4.39 Å². The predicted molar refractivity (Wildman–Crippen MR) is 143 cm³/mol. The topological polar surface area (TPSA) is 52.1 Å². The second-order valence-corrected chi connectivity index (χ2v) is 8.15. The van der Waals surface area contributed by atoms with E-state index in [-0.39, 0.29) is 35.8 Å². The van der Waals surface area contributed by atoms with Gasteiger partial charge in [0.1, 0.15) is 5.82 Å². The molecule has 184 valence electrons. The van der Waals surface area contributed by atoms with Gasteiger partial charge in [0.2, 0.25) is 0 Å². The Bertz CT molecular complexity index is 653. The number of nitrogens with zero attached hydrogens (tertiary/aromatic N) is 3. The molecule has 32 heavy (non-hydrogen) atoms. The number of nitrogens with one attached hydrogen (secondary N) is 2. The summed E-state index contributed by atoms with van der Waals surface area (Å²) in [6, 6.07) is 7.27. The molecule has 6 nitrogen and oxygen atoms in total. The molecule has 0 radical (unpaired) electrons. The summed E-state index contributed by atoms with van der Waals surface area (Å²) in [4.78, 5) is 9.69. The third-order valence-electron chi connectivity index (χ3n) is 5.88. The maximum absolute atomic E-state index is 13.9. The molecule has 0 spiro atoms. The number of ether oxygens (including phenoxy) is 1. The molecule has 1 heterocycles. The molecule has 1 aromatic carbocycles. The Balaban J connectivity index is 0.00000512. The highest BCUT2D eigenvalue weighted by Gasteiger charge is 2.23. The third-order valence-corrected chi connectivity index (χ3v) is 5.88. The molecule has 1 aromatic rings. The Morgan fingerprint density at radius 1 is 1.22 bits per heavy atom. The van der Waals surface area contributed by atoms with Gasteiger partial charge in [0.05, 0.1) is 25.8 Å². The normalized spacial score (nSPS) is 17.0. The number of rotatable bonds is 12. The third kappa shape index (κ3) is 10.3. The first-order valence-corrected chi connectivity index (χ1v) is 11.9. The fourth-order valence-electron chi connectivity index (χ4n) is 4.00. The average Bonchev–Trinajstić information content (AvgIpc) is 2.78. The molecule has 2 rings (SSSR count). The zero-order chi connectivity index (χ0) is 22.5. The van der Waals surface area contributed by atoms with Crippen molar-refractivity contribution in [3.8, 4) is 0 Å². The molecule has 2 N–H and O–H groups in total. The van der Waals surface area contributed by atoms with E-state index >= 15 is 0 Å². The Morgan fingerprint density at radius 2 is 1.94 bits per heavy atom. The molecule has 2 unspecified atom stereocenters. The number of morpholine rings is 1. The molecule has 0 aliphatic carbocycles. The van der Waals surface area contributed by atoms with Crippen LogP contribution in [0.5, 0.6) is 0 Å². The summed E-state index contributed by atoms with van der Waals surface area (Å²) < 4.78 is 19.4. The monoisotopic (exact) mass is 563 g/mol. The van der Waals surface area contributed by atoms with Gasteiger partial charge in [0.25, 0.3) is 0 Å². The number of aliphatic imine (C=N–C) groups is 1. The van der Waals surface area contributed by atoms with Crippen LogP contribution in [-0.4, -0.2) is 80.8 Å². The van der Waals surface area contributed by atoms with Crippen molar-refractivity contribution in [2.45, 2.75) is 52.6 Å². The predicted octanol–water partition coefficient (Wildman–Crippen LogP) is 3.88. The minimum atomic E-state index is -0.202. The molecule has 0 amide bonds. The molecule has 8 heteroatoms. The van der Waals surface area contributed by atoms with E-state index in [1.807, 2.05) is 6.07 Å². The lowest BCUT2D eigenvalue weighted by Gasteiger charge is -2.34. The van der Waals surface area contributed by atoms with Crippen molar-refractivity contribution in [2.75, 3.05) is 59.0 Å². The van der Waals surface area contributed by atoms with E-state index in [0.29, 0.717) is 25.8 Å². The van der Waals surface area contributed by atoms with Crippen LogP contribution >= 0.6 is 24.0 Å². The lowest BCUT2D eigenvalue weighted by atomic mass is 10.0. The number of hydrogen-bond acceptors (Lipinski definition) is 4. The van der Waals surface area contributed by atoms with Crippen molar-refractivity contribution in [3.05, 3.63) is 35.6 Å². The van der Waals surface area contributed by atoms with Gasteiger partial charge in [0, 0.05) is 25.7 Å². The van der Waals surface area contributed by atoms with Gasteiger partial charge >= 0.3 is 0 Å². The standard InChI is InChI=1S/C24H42FN5O.HI/c1-5-26-24(28-20(4)10-9-13-29(6-2)7-3)27-19-23(30-14-16-31-17-15-30)21-11-8-12-22(25)18-21;/h8,11-12,18,20,23H,5-7,9-10,13-17,19H2,1-4H3,(H2,26,27,28);1H. The summed E-state index contributed by atoms with van der Waals surface area (Å²) in [5.41, 5.74) is 0.966. The zero-order valence-corrected chi connectivity index (χ0v) is 22.6. The Labute approximate surface area is 211 Å². The quantitative estimate of drug-likeness (QED) is 0.230. The van der Waals surface area contributed by atoms with Crippen molar-refractivity contribution in [2.24, 2.45) is 4.99 Å². The van der Waals surface area contributed by atoms with E-state index in [1.165, 1.54) is 6.07 Å². The Morgan fingerprint density at radius 3 is 2.56 bits per heavy atom. The summed E-state index contributed by atoms with van der Waals surface area (Å²) in [7, 11) is 0. The summed E-state index contributed by atoms with van der Waals surface area (Å²) in [6.07, 6.45) is 2.26. The number of hydrogen-bond donors (Lipinski definition) is 2. The van der Waals surface area contributed by atoms with Gasteiger partial charge in [-0.15, -0.1) is 24.0 Å². The first-order chi connectivity index (χ1) is 15.1. The molecular weight excluding hydrogens is 520 g/mol. The van der Waals surface area contributed by atoms with Crippen LogP contribution < -0.4 is 10.6 Å². The Kier molecular flexibility index (Phi) is 15.1. The molecule has 1 aliphatic heterocycles. The first kappa shape index (κ1) is 29.1. The van der Waals surface area contributed by atoms with Crippen molar-refractivity contribution in [1.82, 2.24) is 20.4 Å². The largest absolute Gasteiger partial charge is 0.379 e. The molecular formula is C24H43FIN5O. The number of halogens is 2. The van der Waals surface area contributed by atoms with Gasteiger partial charge in [0.15, 0.2) is 5.96 Å². The second-order valence-electron chi connectivity index (χ2n) is 8.15. The van der Waals surface area contributed by atoms with Crippen molar-refractivity contribution in [1.29, 1.82) is 0 Å². The second kappa shape index (κ2) is 16.6. The minimum Gasteiger partial charge on any atom is -0.379 e. The molecule has 0 bridgehead atoms. The van der Waals surface area contributed by atoms with Crippen LogP contribution in [-0.2, 0) is 4.74 Å². The highest BCUT2D eigenvalue weighted by Crippen LogP contribution is 2.23. The van der Waals surface area contributed by atoms with E-state index < -0.39 is 0 Å². The van der Waals surface area contributed by atoms with Crippen LogP contribution in [0.2, 0.25) is 0 Å². The summed E-state index contributed by atoms with van der Waals surface area (Å²) >= 11 is 0. The number of benzene rings is 1. The van der Waals surface area contributed by atoms with Crippen LogP contribution in [0.25, 0.3) is 0 Å². The zero-order valence-electron chi connectivity index (χ0n) is 20.3. The van der Waals surface area contributed by atoms with E-state index in [2.05, 4.69) is 48.1 Å². The fraction of sp³-hybridized carbons (Fsp3) is 0.708. The van der Waals surface area contributed by atoms with Gasteiger partial charge in [-0.3, -0.25) is 9.89 Å². The average molecular weight is 564 g/mol. The van der Waals surface area contributed by atoms with Crippen LogP contribution in [0.3, 0.4) is 0 Å². The molecule has 2 atom stereocenters. The lowest BCUT2D eigenvalue weighted by molar-refractivity contribution is 0.0179. The van der Waals surface area contributed by atoms with Crippen LogP contribution in [0.4, 0.5) is 4.39 Å². The van der Waals surface area contributed by atoms with E-state index in [1.54, 1.807) is 12.1 Å². The van der Waals surface area contributed by atoms with Crippen molar-refractivity contribution >= 4 is 29.9 Å². The summed E-state index contributed by atoms with van der Waals surface area (Å²) in [5, 5.41) is 6.92. The molecule has 1 aliphatic rings. The van der Waals surface area contributed by atoms with Gasteiger partial charge in [-0.2, -0.15) is 0 Å². The van der Waals surface area contributed by atoms with Gasteiger partial charge < -0.3 is 20.3 Å². The summed E-state index contributed by atoms with van der Waals surface area (Å²) in [6.45, 7) is 16.5. The SMILES string of the molecule is CCNC(=NCC(c1cccc(F)c1)N1CCOCC1)NC(C)CCCN(CC)CC.I. The highest BCUT2D eigenvalue weighted by molar-refractivity contribution is 14.0. The van der Waals surface area contributed by atoms with Gasteiger partial charge in [-0.25, -0.2) is 4.39 Å². The molecule has 0 saturated carbocycles. The summed E-state index contributed by atoms with van der Waals surface area (Å²) in [5.74, 6) is 0.624. The number of guanidine groups is 1. The van der Waals surface area contributed by atoms with E-state index in [0.717, 1.165) is 63.6 Å². The fourth-order valence-corrected chi connectivity index (χ4v) is 4.00. The minimum absolute atomic E-state index is 0. The van der Waals surface area contributed by atoms with Crippen molar-refractivity contribution < 1.29 is 9.13 Å². The smallest absolute Gasteiger partial charge is 0.191 e. The molecule has 1 fully saturated rings. The highest BCUT2D eigenvalue weighted by atomic mass is 127. The van der Waals surface area contributed by atoms with Crippen LogP contribution in [0, 0.1) is 5.82 Å². The lowest BCUT2D eigenvalue weighted by Crippen LogP contribution is -2.44. The maximum Gasteiger partial charge on any atom is 0.191 e. The van der Waals surface area contributed by atoms with Crippen LogP contribution in [0.1, 0.15) is 52.1 Å². The maximum atomic E-state index is 13.9. The van der Waals surface area contributed by atoms with E-state index in [4.69, 9.17) is 9.73 Å². The van der Waals surface area contributed by atoms with Gasteiger partial charge in [-0.1, -0.05) is 26.0 Å². The molecule has 0 aromatic heterocycles. The Hall–Kier alpha value is -0.970. The van der Waals surface area contributed by atoms with Crippen molar-refractivity contribution in [3.63, 3.8) is 0 Å². The van der Waals surface area contributed by atoms with Gasteiger partial charge in [-0.05, 0) is 64.0 Å². The molecule has 1 saturated heterocycles.